The molecule has 0 radical (unpaired) electrons. The molecule has 1 N–H and O–H groups in total. The largest absolute Gasteiger partial charge is 0.496 e. The standard InChI is InChI=1S/C24H32N2O5S/c1-7-32(28,29)26-14-23(31-21-11-9-8-10-20(21)26)24(27)25-17(5)19-13-18(15(2)3)22(30-6)12-16(19)4/h8-13,15,17,23H,7,14H2,1-6H3,(H,25,27). The first-order chi connectivity index (χ1) is 15.1. The highest BCUT2D eigenvalue weighted by molar-refractivity contribution is 7.92. The van der Waals surface area contributed by atoms with Crippen LogP contribution in [0.3, 0.4) is 0 Å². The van der Waals surface area contributed by atoms with Gasteiger partial charge in [0.2, 0.25) is 10.0 Å². The molecule has 1 amide bonds. The minimum Gasteiger partial charge on any atom is -0.496 e. The second-order valence-electron chi connectivity index (χ2n) is 8.34. The molecule has 0 bridgehead atoms. The average Bonchev–Trinajstić information content (AvgIpc) is 2.77. The summed E-state index contributed by atoms with van der Waals surface area (Å²) in [5, 5.41) is 3.00. The van der Waals surface area contributed by atoms with Crippen LogP contribution < -0.4 is 19.1 Å². The van der Waals surface area contributed by atoms with Crippen LogP contribution in [0.2, 0.25) is 0 Å². The van der Waals surface area contributed by atoms with Gasteiger partial charge in [0.1, 0.15) is 11.5 Å². The molecule has 3 rings (SSSR count). The molecule has 174 valence electrons. The van der Waals surface area contributed by atoms with E-state index in [4.69, 9.17) is 9.47 Å². The fourth-order valence-electron chi connectivity index (χ4n) is 3.95. The Morgan fingerprint density at radius 1 is 1.22 bits per heavy atom. The van der Waals surface area contributed by atoms with Crippen molar-refractivity contribution in [3.8, 4) is 11.5 Å². The number of sulfonamides is 1. The van der Waals surface area contributed by atoms with Crippen molar-refractivity contribution in [2.24, 2.45) is 0 Å². The van der Waals surface area contributed by atoms with Crippen LogP contribution in [0, 0.1) is 6.92 Å². The van der Waals surface area contributed by atoms with Crippen LogP contribution in [0.25, 0.3) is 0 Å². The molecule has 7 nitrogen and oxygen atoms in total. The molecule has 0 spiro atoms. The third-order valence-corrected chi connectivity index (χ3v) is 7.54. The number of hydrogen-bond donors (Lipinski definition) is 1. The quantitative estimate of drug-likeness (QED) is 0.677. The average molecular weight is 461 g/mol. The molecule has 0 aromatic heterocycles. The Morgan fingerprint density at radius 3 is 2.53 bits per heavy atom. The molecule has 8 heteroatoms. The Labute approximate surface area is 190 Å². The number of para-hydroxylation sites is 2. The Hall–Kier alpha value is -2.74. The van der Waals surface area contributed by atoms with E-state index in [9.17, 15) is 13.2 Å². The fourth-order valence-corrected chi connectivity index (χ4v) is 5.08. The topological polar surface area (TPSA) is 84.9 Å². The number of hydrogen-bond acceptors (Lipinski definition) is 5. The molecule has 32 heavy (non-hydrogen) atoms. The molecule has 2 atom stereocenters. The third kappa shape index (κ3) is 4.70. The minimum absolute atomic E-state index is 0.0604. The van der Waals surface area contributed by atoms with Gasteiger partial charge >= 0.3 is 0 Å². The molecule has 2 aromatic rings. The molecule has 0 aliphatic carbocycles. The number of rotatable bonds is 7. The molecule has 2 unspecified atom stereocenters. The van der Waals surface area contributed by atoms with Gasteiger partial charge in [-0.05, 0) is 67.6 Å². The molecule has 1 heterocycles. The van der Waals surface area contributed by atoms with Crippen LogP contribution in [-0.2, 0) is 14.8 Å². The molecule has 0 saturated heterocycles. The molecule has 1 aliphatic rings. The summed E-state index contributed by atoms with van der Waals surface area (Å²) in [6, 6.07) is 10.6. The summed E-state index contributed by atoms with van der Waals surface area (Å²) in [4.78, 5) is 13.1. The van der Waals surface area contributed by atoms with Crippen LogP contribution in [0.5, 0.6) is 11.5 Å². The van der Waals surface area contributed by atoms with Gasteiger partial charge in [-0.1, -0.05) is 26.0 Å². The smallest absolute Gasteiger partial charge is 0.263 e. The lowest BCUT2D eigenvalue weighted by molar-refractivity contribution is -0.128. The van der Waals surface area contributed by atoms with Crippen LogP contribution in [0.1, 0.15) is 56.3 Å². The number of nitrogens with one attached hydrogen (secondary N) is 1. The van der Waals surface area contributed by atoms with Gasteiger partial charge in [0.05, 0.1) is 31.1 Å². The van der Waals surface area contributed by atoms with Crippen LogP contribution in [0.4, 0.5) is 5.69 Å². The number of carbonyl (C=O) groups is 1. The fraction of sp³-hybridized carbons (Fsp3) is 0.458. The number of ether oxygens (including phenoxy) is 2. The van der Waals surface area contributed by atoms with E-state index in [1.54, 1.807) is 38.3 Å². The molecule has 0 saturated carbocycles. The monoisotopic (exact) mass is 460 g/mol. The summed E-state index contributed by atoms with van der Waals surface area (Å²) in [5.41, 5.74) is 3.51. The van der Waals surface area contributed by atoms with Crippen molar-refractivity contribution in [1.29, 1.82) is 0 Å². The normalized spacial score (nSPS) is 16.8. The van der Waals surface area contributed by atoms with Crippen molar-refractivity contribution in [2.75, 3.05) is 23.7 Å². The van der Waals surface area contributed by atoms with Gasteiger partial charge in [-0.15, -0.1) is 0 Å². The minimum atomic E-state index is -3.55. The van der Waals surface area contributed by atoms with Crippen LogP contribution in [0.15, 0.2) is 36.4 Å². The summed E-state index contributed by atoms with van der Waals surface area (Å²) in [6.07, 6.45) is -0.947. The van der Waals surface area contributed by atoms with Crippen molar-refractivity contribution in [1.82, 2.24) is 5.32 Å². The van der Waals surface area contributed by atoms with E-state index in [0.29, 0.717) is 11.4 Å². The highest BCUT2D eigenvalue weighted by Crippen LogP contribution is 2.36. The first-order valence-corrected chi connectivity index (χ1v) is 12.4. The van der Waals surface area contributed by atoms with Gasteiger partial charge in [-0.2, -0.15) is 0 Å². The number of amides is 1. The second-order valence-corrected chi connectivity index (χ2v) is 10.5. The molecule has 2 aromatic carbocycles. The molecule has 1 aliphatic heterocycles. The summed E-state index contributed by atoms with van der Waals surface area (Å²) < 4.78 is 38.0. The second kappa shape index (κ2) is 9.40. The van der Waals surface area contributed by atoms with Crippen molar-refractivity contribution in [3.05, 3.63) is 53.1 Å². The highest BCUT2D eigenvalue weighted by atomic mass is 32.2. The van der Waals surface area contributed by atoms with Crippen molar-refractivity contribution >= 4 is 21.6 Å². The van der Waals surface area contributed by atoms with Gasteiger partial charge in [0.25, 0.3) is 5.91 Å². The van der Waals surface area contributed by atoms with Gasteiger partial charge in [-0.3, -0.25) is 9.10 Å². The van der Waals surface area contributed by atoms with E-state index < -0.39 is 16.1 Å². The number of carbonyl (C=O) groups excluding carboxylic acids is 1. The number of nitrogens with zero attached hydrogens (tertiary/aromatic N) is 1. The molecular weight excluding hydrogens is 428 g/mol. The Kier molecular flexibility index (Phi) is 7.03. The summed E-state index contributed by atoms with van der Waals surface area (Å²) >= 11 is 0. The highest BCUT2D eigenvalue weighted by Gasteiger charge is 2.36. The summed E-state index contributed by atoms with van der Waals surface area (Å²) in [6.45, 7) is 9.60. The number of benzene rings is 2. The van der Waals surface area contributed by atoms with E-state index in [1.807, 2.05) is 19.9 Å². The van der Waals surface area contributed by atoms with Crippen LogP contribution >= 0.6 is 0 Å². The molecular formula is C24H32N2O5S. The van der Waals surface area contributed by atoms with E-state index in [1.165, 1.54) is 4.31 Å². The zero-order valence-electron chi connectivity index (χ0n) is 19.5. The maximum absolute atomic E-state index is 13.1. The number of methoxy groups -OCH3 is 1. The summed E-state index contributed by atoms with van der Waals surface area (Å²) in [5.74, 6) is 1.05. The van der Waals surface area contributed by atoms with Crippen LogP contribution in [-0.4, -0.2) is 39.8 Å². The van der Waals surface area contributed by atoms with Crippen molar-refractivity contribution in [3.63, 3.8) is 0 Å². The lowest BCUT2D eigenvalue weighted by Crippen LogP contribution is -2.51. The van der Waals surface area contributed by atoms with E-state index in [0.717, 1.165) is 22.4 Å². The Morgan fingerprint density at radius 2 is 1.91 bits per heavy atom. The van der Waals surface area contributed by atoms with Crippen molar-refractivity contribution < 1.29 is 22.7 Å². The van der Waals surface area contributed by atoms with E-state index >= 15 is 0 Å². The first-order valence-electron chi connectivity index (χ1n) is 10.8. The number of aryl methyl sites for hydroxylation is 1. The molecule has 0 fully saturated rings. The van der Waals surface area contributed by atoms with Gasteiger partial charge in [0.15, 0.2) is 6.10 Å². The predicted molar refractivity (Wildman–Crippen MR) is 126 cm³/mol. The Bertz CT molecular complexity index is 1100. The SMILES string of the molecule is CCS(=O)(=O)N1CC(C(=O)NC(C)c2cc(C(C)C)c(OC)cc2C)Oc2ccccc21. The maximum atomic E-state index is 13.1. The lowest BCUT2D eigenvalue weighted by Gasteiger charge is -2.35. The number of anilines is 1. The van der Waals surface area contributed by atoms with E-state index in [-0.39, 0.29) is 30.2 Å². The van der Waals surface area contributed by atoms with Gasteiger partial charge in [0, 0.05) is 0 Å². The maximum Gasteiger partial charge on any atom is 0.263 e. The van der Waals surface area contributed by atoms with Gasteiger partial charge < -0.3 is 14.8 Å². The lowest BCUT2D eigenvalue weighted by atomic mass is 9.93. The third-order valence-electron chi connectivity index (χ3n) is 5.79. The van der Waals surface area contributed by atoms with Crippen molar-refractivity contribution in [2.45, 2.75) is 52.7 Å². The summed E-state index contributed by atoms with van der Waals surface area (Å²) in [7, 11) is -1.90. The first kappa shape index (κ1) is 23.9. The Balaban J connectivity index is 1.85. The zero-order chi connectivity index (χ0) is 23.6. The number of fused-ring (bicyclic) bond motifs is 1. The van der Waals surface area contributed by atoms with E-state index in [2.05, 4.69) is 25.2 Å². The predicted octanol–water partition coefficient (Wildman–Crippen LogP) is 3.92. The van der Waals surface area contributed by atoms with Gasteiger partial charge in [-0.25, -0.2) is 8.42 Å². The zero-order valence-corrected chi connectivity index (χ0v) is 20.3.